The van der Waals surface area contributed by atoms with Crippen molar-refractivity contribution in [2.45, 2.75) is 25.4 Å². The molecule has 3 aromatic rings. The van der Waals surface area contributed by atoms with Crippen molar-refractivity contribution in [1.82, 2.24) is 14.8 Å². The summed E-state index contributed by atoms with van der Waals surface area (Å²) in [5, 5.41) is 8.54. The van der Waals surface area contributed by atoms with E-state index < -0.39 is 0 Å². The summed E-state index contributed by atoms with van der Waals surface area (Å²) >= 11 is 6.01. The number of fused-ring (bicyclic) bond motifs is 1. The highest BCUT2D eigenvalue weighted by atomic mass is 35.5. The van der Waals surface area contributed by atoms with Crippen LogP contribution in [0, 0.1) is 6.92 Å². The van der Waals surface area contributed by atoms with Crippen LogP contribution in [-0.2, 0) is 0 Å². The van der Waals surface area contributed by atoms with E-state index in [2.05, 4.69) is 46.6 Å². The standard InChI is InChI=1S/C18H18ClN5/c1-11-2-4-13(5-3-11)16-10-15(12-6-8-14(19)9-7-12)21-18-22-17(20)23-24(16)18/h2-9,15-16H,10H2,1H3,(H3,20,21,22,23)/t15-,16-/m0/s1. The predicted octanol–water partition coefficient (Wildman–Crippen LogP) is 3.97. The van der Waals surface area contributed by atoms with Gasteiger partial charge in [0, 0.05) is 5.02 Å². The molecule has 0 radical (unpaired) electrons. The molecule has 0 saturated heterocycles. The molecule has 1 aliphatic rings. The van der Waals surface area contributed by atoms with E-state index in [0.717, 1.165) is 11.4 Å². The third-order valence-electron chi connectivity index (χ3n) is 4.44. The molecule has 1 aliphatic heterocycles. The minimum absolute atomic E-state index is 0.0901. The van der Waals surface area contributed by atoms with Gasteiger partial charge in [-0.1, -0.05) is 53.6 Å². The number of aryl methyl sites for hydroxylation is 1. The van der Waals surface area contributed by atoms with Gasteiger partial charge >= 0.3 is 0 Å². The minimum Gasteiger partial charge on any atom is -0.366 e. The summed E-state index contributed by atoms with van der Waals surface area (Å²) in [6.07, 6.45) is 0.862. The number of hydrogen-bond donors (Lipinski definition) is 2. The Morgan fingerprint density at radius 3 is 2.46 bits per heavy atom. The van der Waals surface area contributed by atoms with Crippen molar-refractivity contribution in [3.8, 4) is 0 Å². The van der Waals surface area contributed by atoms with Crippen LogP contribution in [0.5, 0.6) is 0 Å². The number of nitrogens with zero attached hydrogens (tertiary/aromatic N) is 3. The van der Waals surface area contributed by atoms with Crippen molar-refractivity contribution >= 4 is 23.5 Å². The van der Waals surface area contributed by atoms with Crippen molar-refractivity contribution in [1.29, 1.82) is 0 Å². The van der Waals surface area contributed by atoms with E-state index in [4.69, 9.17) is 17.3 Å². The fourth-order valence-electron chi connectivity index (χ4n) is 3.17. The maximum absolute atomic E-state index is 6.01. The lowest BCUT2D eigenvalue weighted by atomic mass is 9.93. The second-order valence-electron chi connectivity index (χ2n) is 6.15. The molecule has 4 rings (SSSR count). The van der Waals surface area contributed by atoms with Gasteiger partial charge < -0.3 is 11.1 Å². The Morgan fingerprint density at radius 2 is 1.75 bits per heavy atom. The number of rotatable bonds is 2. The van der Waals surface area contributed by atoms with Crippen LogP contribution in [0.4, 0.5) is 11.9 Å². The lowest BCUT2D eigenvalue weighted by Crippen LogP contribution is -2.28. The van der Waals surface area contributed by atoms with Gasteiger partial charge in [-0.05, 0) is 36.6 Å². The van der Waals surface area contributed by atoms with E-state index in [9.17, 15) is 0 Å². The SMILES string of the molecule is Cc1ccc([C@@H]2C[C@@H](c3ccc(Cl)cc3)Nc3nc(N)nn32)cc1. The summed E-state index contributed by atoms with van der Waals surface area (Å²) in [5.74, 6) is 0.982. The lowest BCUT2D eigenvalue weighted by Gasteiger charge is -2.31. The number of nitrogens with two attached hydrogens (primary N) is 1. The number of hydrogen-bond acceptors (Lipinski definition) is 4. The number of halogens is 1. The number of aromatic nitrogens is 3. The molecule has 5 nitrogen and oxygen atoms in total. The molecule has 0 unspecified atom stereocenters. The molecule has 2 aromatic carbocycles. The minimum atomic E-state index is 0.0901. The van der Waals surface area contributed by atoms with E-state index in [0.29, 0.717) is 5.95 Å². The monoisotopic (exact) mass is 339 g/mol. The normalized spacial score (nSPS) is 19.6. The summed E-state index contributed by atoms with van der Waals surface area (Å²) in [6, 6.07) is 16.7. The molecule has 0 fully saturated rings. The van der Waals surface area contributed by atoms with Crippen LogP contribution in [0.2, 0.25) is 5.02 Å². The van der Waals surface area contributed by atoms with Gasteiger partial charge in [0.2, 0.25) is 11.9 Å². The third kappa shape index (κ3) is 2.71. The lowest BCUT2D eigenvalue weighted by molar-refractivity contribution is 0.431. The molecule has 122 valence electrons. The van der Waals surface area contributed by atoms with Gasteiger partial charge in [-0.2, -0.15) is 4.98 Å². The average molecular weight is 340 g/mol. The first-order chi connectivity index (χ1) is 11.6. The topological polar surface area (TPSA) is 68.8 Å². The Bertz CT molecular complexity index is 854. The molecule has 0 amide bonds. The summed E-state index contributed by atoms with van der Waals surface area (Å²) in [6.45, 7) is 2.08. The molecule has 0 spiro atoms. The highest BCUT2D eigenvalue weighted by Gasteiger charge is 2.30. The van der Waals surface area contributed by atoms with E-state index in [1.807, 2.05) is 28.9 Å². The maximum Gasteiger partial charge on any atom is 0.241 e. The van der Waals surface area contributed by atoms with Crippen LogP contribution in [0.15, 0.2) is 48.5 Å². The number of nitrogens with one attached hydrogen (secondary N) is 1. The molecular weight excluding hydrogens is 322 g/mol. The highest BCUT2D eigenvalue weighted by Crippen LogP contribution is 2.38. The van der Waals surface area contributed by atoms with Crippen molar-refractivity contribution in [3.05, 3.63) is 70.2 Å². The van der Waals surface area contributed by atoms with Gasteiger partial charge in [0.25, 0.3) is 0 Å². The van der Waals surface area contributed by atoms with Crippen molar-refractivity contribution < 1.29 is 0 Å². The van der Waals surface area contributed by atoms with E-state index in [-0.39, 0.29) is 18.0 Å². The molecule has 0 bridgehead atoms. The van der Waals surface area contributed by atoms with Gasteiger partial charge in [-0.15, -0.1) is 5.10 Å². The molecule has 0 saturated carbocycles. The van der Waals surface area contributed by atoms with Gasteiger partial charge in [0.15, 0.2) is 0 Å². The fourth-order valence-corrected chi connectivity index (χ4v) is 3.30. The molecule has 0 aliphatic carbocycles. The predicted molar refractivity (Wildman–Crippen MR) is 96.2 cm³/mol. The van der Waals surface area contributed by atoms with Crippen molar-refractivity contribution in [3.63, 3.8) is 0 Å². The van der Waals surface area contributed by atoms with Gasteiger partial charge in [-0.25, -0.2) is 4.68 Å². The Labute approximate surface area is 145 Å². The number of anilines is 2. The van der Waals surface area contributed by atoms with Gasteiger partial charge in [-0.3, -0.25) is 0 Å². The third-order valence-corrected chi connectivity index (χ3v) is 4.69. The first-order valence-electron chi connectivity index (χ1n) is 7.91. The Kier molecular flexibility index (Phi) is 3.65. The molecule has 2 heterocycles. The first-order valence-corrected chi connectivity index (χ1v) is 8.28. The molecule has 1 aromatic heterocycles. The van der Waals surface area contributed by atoms with E-state index in [1.54, 1.807) is 0 Å². The largest absolute Gasteiger partial charge is 0.366 e. The number of benzene rings is 2. The fraction of sp³-hybridized carbons (Fsp3) is 0.222. The molecular formula is C18H18ClN5. The summed E-state index contributed by atoms with van der Waals surface area (Å²) in [7, 11) is 0. The Balaban J connectivity index is 1.74. The van der Waals surface area contributed by atoms with Crippen molar-refractivity contribution in [2.24, 2.45) is 0 Å². The quantitative estimate of drug-likeness (QED) is 0.741. The maximum atomic E-state index is 6.01. The van der Waals surface area contributed by atoms with Crippen LogP contribution in [0.3, 0.4) is 0 Å². The second kappa shape index (κ2) is 5.83. The van der Waals surface area contributed by atoms with Crippen LogP contribution in [0.1, 0.15) is 35.2 Å². The highest BCUT2D eigenvalue weighted by molar-refractivity contribution is 6.30. The van der Waals surface area contributed by atoms with E-state index >= 15 is 0 Å². The van der Waals surface area contributed by atoms with Crippen molar-refractivity contribution in [2.75, 3.05) is 11.1 Å². The summed E-state index contributed by atoms with van der Waals surface area (Å²) in [4.78, 5) is 4.33. The van der Waals surface area contributed by atoms with Crippen LogP contribution in [-0.4, -0.2) is 14.8 Å². The summed E-state index contributed by atoms with van der Waals surface area (Å²) in [5.41, 5.74) is 9.43. The molecule has 24 heavy (non-hydrogen) atoms. The zero-order valence-corrected chi connectivity index (χ0v) is 14.0. The Hall–Kier alpha value is -2.53. The molecule has 6 heteroatoms. The van der Waals surface area contributed by atoms with E-state index in [1.165, 1.54) is 16.7 Å². The number of nitrogen functional groups attached to an aromatic ring is 1. The second-order valence-corrected chi connectivity index (χ2v) is 6.59. The first kappa shape index (κ1) is 15.0. The zero-order chi connectivity index (χ0) is 16.7. The Morgan fingerprint density at radius 1 is 1.08 bits per heavy atom. The van der Waals surface area contributed by atoms with Gasteiger partial charge in [0.1, 0.15) is 0 Å². The smallest absolute Gasteiger partial charge is 0.241 e. The van der Waals surface area contributed by atoms with Gasteiger partial charge in [0.05, 0.1) is 12.1 Å². The molecule has 3 N–H and O–H groups in total. The zero-order valence-electron chi connectivity index (χ0n) is 13.3. The molecule has 2 atom stereocenters. The van der Waals surface area contributed by atoms with Crippen LogP contribution >= 0.6 is 11.6 Å². The van der Waals surface area contributed by atoms with Crippen LogP contribution in [0.25, 0.3) is 0 Å². The van der Waals surface area contributed by atoms with Crippen LogP contribution < -0.4 is 11.1 Å². The average Bonchev–Trinajstić information content (AvgIpc) is 2.95. The summed E-state index contributed by atoms with van der Waals surface area (Å²) < 4.78 is 1.88.